The maximum Gasteiger partial charge on any atom is 0.243 e. The Bertz CT molecular complexity index is 581. The van der Waals surface area contributed by atoms with Gasteiger partial charge in [0.15, 0.2) is 0 Å². The zero-order valence-electron chi connectivity index (χ0n) is 12.1. The second kappa shape index (κ2) is 5.15. The van der Waals surface area contributed by atoms with Crippen LogP contribution in [0.2, 0.25) is 0 Å². The molecule has 1 heterocycles. The van der Waals surface area contributed by atoms with E-state index in [2.05, 4.69) is 5.32 Å². The second-order valence-electron chi connectivity index (χ2n) is 6.03. The molecule has 1 aromatic rings. The van der Waals surface area contributed by atoms with Gasteiger partial charge in [-0.05, 0) is 30.9 Å². The highest BCUT2D eigenvalue weighted by molar-refractivity contribution is 6.02. The summed E-state index contributed by atoms with van der Waals surface area (Å²) in [5, 5.41) is 12.9. The summed E-state index contributed by atoms with van der Waals surface area (Å²) in [6, 6.07) is 7.07. The molecule has 0 unspecified atom stereocenters. The third-order valence-electron chi connectivity index (χ3n) is 4.49. The van der Waals surface area contributed by atoms with Gasteiger partial charge in [-0.2, -0.15) is 0 Å². The molecule has 1 aromatic carbocycles. The number of amides is 2. The van der Waals surface area contributed by atoms with Gasteiger partial charge in [0.25, 0.3) is 0 Å². The zero-order valence-corrected chi connectivity index (χ0v) is 12.1. The van der Waals surface area contributed by atoms with E-state index in [-0.39, 0.29) is 18.4 Å². The van der Waals surface area contributed by atoms with Gasteiger partial charge in [-0.3, -0.25) is 14.5 Å². The number of carbonyl (C=O) groups is 2. The Kier molecular flexibility index (Phi) is 3.45. The van der Waals surface area contributed by atoms with E-state index in [1.807, 2.05) is 24.3 Å². The predicted molar refractivity (Wildman–Crippen MR) is 78.9 cm³/mol. The number of anilines is 1. The first-order chi connectivity index (χ1) is 10.0. The predicted octanol–water partition coefficient (Wildman–Crippen LogP) is 0.995. The third kappa shape index (κ3) is 2.53. The van der Waals surface area contributed by atoms with Crippen molar-refractivity contribution >= 4 is 17.5 Å². The van der Waals surface area contributed by atoms with Gasteiger partial charge in [-0.1, -0.05) is 18.2 Å². The number of hydrogen-bond acceptors (Lipinski definition) is 3. The monoisotopic (exact) mass is 288 g/mol. The topological polar surface area (TPSA) is 69.6 Å². The van der Waals surface area contributed by atoms with E-state index in [4.69, 9.17) is 0 Å². The number of benzene rings is 1. The number of nitrogens with zero attached hydrogens (tertiary/aromatic N) is 1. The molecule has 2 N–H and O–H groups in total. The summed E-state index contributed by atoms with van der Waals surface area (Å²) < 4.78 is 0. The maximum atomic E-state index is 12.4. The normalized spacial score (nSPS) is 22.4. The average molecular weight is 288 g/mol. The zero-order chi connectivity index (χ0) is 15.0. The number of para-hydroxylation sites is 1. The SMILES string of the molecule is CC(=O)N1c2ccccc2C[C@H]1C(=O)NCC1(O)CCC1. The molecule has 1 atom stereocenters. The minimum Gasteiger partial charge on any atom is -0.388 e. The lowest BCUT2D eigenvalue weighted by molar-refractivity contribution is -0.127. The molecule has 0 radical (unpaired) electrons. The molecule has 5 heteroatoms. The van der Waals surface area contributed by atoms with Crippen LogP contribution in [0.25, 0.3) is 0 Å². The minimum atomic E-state index is -0.748. The third-order valence-corrected chi connectivity index (χ3v) is 4.49. The molecule has 1 aliphatic heterocycles. The molecular weight excluding hydrogens is 268 g/mol. The summed E-state index contributed by atoms with van der Waals surface area (Å²) in [5.41, 5.74) is 1.07. The second-order valence-corrected chi connectivity index (χ2v) is 6.03. The van der Waals surface area contributed by atoms with E-state index >= 15 is 0 Å². The summed E-state index contributed by atoms with van der Waals surface area (Å²) in [6.45, 7) is 1.74. The minimum absolute atomic E-state index is 0.137. The van der Waals surface area contributed by atoms with Gasteiger partial charge in [0.2, 0.25) is 11.8 Å². The van der Waals surface area contributed by atoms with Crippen LogP contribution in [0, 0.1) is 0 Å². The van der Waals surface area contributed by atoms with Crippen LogP contribution in [0.15, 0.2) is 24.3 Å². The van der Waals surface area contributed by atoms with Crippen molar-refractivity contribution in [3.63, 3.8) is 0 Å². The van der Waals surface area contributed by atoms with Crippen molar-refractivity contribution in [2.75, 3.05) is 11.4 Å². The van der Waals surface area contributed by atoms with Gasteiger partial charge in [0, 0.05) is 25.6 Å². The molecule has 1 aliphatic carbocycles. The Morgan fingerprint density at radius 2 is 2.10 bits per heavy atom. The molecule has 5 nitrogen and oxygen atoms in total. The average Bonchev–Trinajstić information content (AvgIpc) is 2.82. The van der Waals surface area contributed by atoms with E-state index < -0.39 is 11.6 Å². The van der Waals surface area contributed by atoms with Crippen molar-refractivity contribution in [1.82, 2.24) is 5.32 Å². The highest BCUT2D eigenvalue weighted by atomic mass is 16.3. The van der Waals surface area contributed by atoms with Gasteiger partial charge in [-0.15, -0.1) is 0 Å². The van der Waals surface area contributed by atoms with Gasteiger partial charge in [0.1, 0.15) is 6.04 Å². The molecule has 2 aliphatic rings. The van der Waals surface area contributed by atoms with Crippen LogP contribution < -0.4 is 10.2 Å². The Labute approximate surface area is 123 Å². The maximum absolute atomic E-state index is 12.4. The van der Waals surface area contributed by atoms with E-state index in [1.165, 1.54) is 6.92 Å². The molecule has 112 valence electrons. The quantitative estimate of drug-likeness (QED) is 0.871. The number of hydrogen-bond donors (Lipinski definition) is 2. The van der Waals surface area contributed by atoms with Crippen LogP contribution in [0.4, 0.5) is 5.69 Å². The first kappa shape index (κ1) is 14.1. The molecule has 1 fully saturated rings. The molecule has 21 heavy (non-hydrogen) atoms. The number of carbonyl (C=O) groups excluding carboxylic acids is 2. The van der Waals surface area contributed by atoms with Crippen molar-refractivity contribution < 1.29 is 14.7 Å². The molecule has 0 saturated heterocycles. The first-order valence-corrected chi connectivity index (χ1v) is 7.38. The number of aliphatic hydroxyl groups is 1. The molecule has 1 saturated carbocycles. The van der Waals surface area contributed by atoms with Crippen molar-refractivity contribution in [2.45, 2.75) is 44.2 Å². The Morgan fingerprint density at radius 1 is 1.38 bits per heavy atom. The van der Waals surface area contributed by atoms with Gasteiger partial charge < -0.3 is 10.4 Å². The molecule has 0 aromatic heterocycles. The first-order valence-electron chi connectivity index (χ1n) is 7.38. The standard InChI is InChI=1S/C16H20N2O3/c1-11(19)18-13-6-3-2-5-12(13)9-14(18)15(20)17-10-16(21)7-4-8-16/h2-3,5-6,14,21H,4,7-10H2,1H3,(H,17,20)/t14-/m0/s1. The number of rotatable bonds is 3. The summed E-state index contributed by atoms with van der Waals surface area (Å²) in [6.07, 6.45) is 2.99. The summed E-state index contributed by atoms with van der Waals surface area (Å²) in [5.74, 6) is -0.329. The molecular formula is C16H20N2O3. The smallest absolute Gasteiger partial charge is 0.243 e. The van der Waals surface area contributed by atoms with Crippen LogP contribution in [-0.2, 0) is 16.0 Å². The fourth-order valence-electron chi connectivity index (χ4n) is 3.12. The fraction of sp³-hybridized carbons (Fsp3) is 0.500. The van der Waals surface area contributed by atoms with Gasteiger partial charge in [-0.25, -0.2) is 0 Å². The summed E-state index contributed by atoms with van der Waals surface area (Å²) in [4.78, 5) is 25.8. The number of fused-ring (bicyclic) bond motifs is 1. The van der Waals surface area contributed by atoms with Crippen molar-refractivity contribution in [2.24, 2.45) is 0 Å². The van der Waals surface area contributed by atoms with E-state index in [0.29, 0.717) is 6.42 Å². The Balaban J connectivity index is 1.73. The molecule has 0 spiro atoms. The van der Waals surface area contributed by atoms with Crippen molar-refractivity contribution in [3.8, 4) is 0 Å². The van der Waals surface area contributed by atoms with Gasteiger partial charge in [0.05, 0.1) is 5.60 Å². The van der Waals surface area contributed by atoms with E-state index in [9.17, 15) is 14.7 Å². The van der Waals surface area contributed by atoms with Crippen molar-refractivity contribution in [3.05, 3.63) is 29.8 Å². The highest BCUT2D eigenvalue weighted by Crippen LogP contribution is 2.33. The van der Waals surface area contributed by atoms with Crippen LogP contribution in [0.5, 0.6) is 0 Å². The summed E-state index contributed by atoms with van der Waals surface area (Å²) in [7, 11) is 0. The molecule has 2 amide bonds. The van der Waals surface area contributed by atoms with E-state index in [0.717, 1.165) is 30.5 Å². The lowest BCUT2D eigenvalue weighted by Crippen LogP contribution is -2.53. The Hall–Kier alpha value is -1.88. The largest absolute Gasteiger partial charge is 0.388 e. The lowest BCUT2D eigenvalue weighted by Gasteiger charge is -2.37. The van der Waals surface area contributed by atoms with Gasteiger partial charge >= 0.3 is 0 Å². The fourth-order valence-corrected chi connectivity index (χ4v) is 3.12. The Morgan fingerprint density at radius 3 is 2.71 bits per heavy atom. The molecule has 0 bridgehead atoms. The van der Waals surface area contributed by atoms with Crippen LogP contribution in [-0.4, -0.2) is 35.1 Å². The van der Waals surface area contributed by atoms with Crippen LogP contribution >= 0.6 is 0 Å². The summed E-state index contributed by atoms with van der Waals surface area (Å²) >= 11 is 0. The van der Waals surface area contributed by atoms with Crippen LogP contribution in [0.3, 0.4) is 0 Å². The van der Waals surface area contributed by atoms with E-state index in [1.54, 1.807) is 4.90 Å². The molecule has 3 rings (SSSR count). The lowest BCUT2D eigenvalue weighted by atomic mass is 9.80. The van der Waals surface area contributed by atoms with Crippen molar-refractivity contribution in [1.29, 1.82) is 0 Å². The van der Waals surface area contributed by atoms with Crippen LogP contribution in [0.1, 0.15) is 31.7 Å². The highest BCUT2D eigenvalue weighted by Gasteiger charge is 2.39. The number of nitrogens with one attached hydrogen (secondary N) is 1.